The van der Waals surface area contributed by atoms with Crippen LogP contribution in [0.4, 0.5) is 4.39 Å². The molecular formula is C16H16Cl2FN. The fourth-order valence-electron chi connectivity index (χ4n) is 2.24. The first kappa shape index (κ1) is 15.3. The molecule has 1 N–H and O–H groups in total. The third kappa shape index (κ3) is 3.95. The summed E-state index contributed by atoms with van der Waals surface area (Å²) in [7, 11) is 1.91. The summed E-state index contributed by atoms with van der Waals surface area (Å²) in [5, 5.41) is 4.05. The summed E-state index contributed by atoms with van der Waals surface area (Å²) in [6, 6.07) is 12.7. The predicted molar refractivity (Wildman–Crippen MR) is 83.2 cm³/mol. The summed E-state index contributed by atoms with van der Waals surface area (Å²) < 4.78 is 13.5. The standard InChI is InChI=1S/C16H16Cl2FN/c1-20-10-13(12-3-5-14(17)6-4-12)8-11-2-7-15(18)16(19)9-11/h2-7,9,13,20H,8,10H2,1H3. The van der Waals surface area contributed by atoms with Gasteiger partial charge in [-0.15, -0.1) is 0 Å². The fraction of sp³-hybridized carbons (Fsp3) is 0.250. The molecule has 2 rings (SSSR count). The van der Waals surface area contributed by atoms with Gasteiger partial charge >= 0.3 is 0 Å². The number of hydrogen-bond acceptors (Lipinski definition) is 1. The van der Waals surface area contributed by atoms with E-state index >= 15 is 0 Å². The van der Waals surface area contributed by atoms with Gasteiger partial charge in [0.2, 0.25) is 0 Å². The van der Waals surface area contributed by atoms with Crippen LogP contribution < -0.4 is 5.32 Å². The first-order valence-corrected chi connectivity index (χ1v) is 7.19. The van der Waals surface area contributed by atoms with Crippen molar-refractivity contribution in [3.63, 3.8) is 0 Å². The van der Waals surface area contributed by atoms with Gasteiger partial charge in [0.15, 0.2) is 0 Å². The van der Waals surface area contributed by atoms with Crippen molar-refractivity contribution in [3.8, 4) is 0 Å². The molecule has 0 bridgehead atoms. The molecule has 20 heavy (non-hydrogen) atoms. The molecule has 0 aromatic heterocycles. The Bertz CT molecular complexity index is 569. The molecule has 0 aliphatic heterocycles. The summed E-state index contributed by atoms with van der Waals surface area (Å²) in [6.45, 7) is 0.811. The third-order valence-electron chi connectivity index (χ3n) is 3.26. The van der Waals surface area contributed by atoms with E-state index in [1.165, 1.54) is 11.6 Å². The zero-order chi connectivity index (χ0) is 14.5. The Kier molecular flexibility index (Phi) is 5.41. The second-order valence-corrected chi connectivity index (χ2v) is 5.60. The van der Waals surface area contributed by atoms with Gasteiger partial charge in [-0.2, -0.15) is 0 Å². The average Bonchev–Trinajstić information content (AvgIpc) is 2.43. The van der Waals surface area contributed by atoms with E-state index in [4.69, 9.17) is 23.2 Å². The molecule has 0 amide bonds. The Hall–Kier alpha value is -1.09. The monoisotopic (exact) mass is 311 g/mol. The second-order valence-electron chi connectivity index (χ2n) is 4.76. The van der Waals surface area contributed by atoms with E-state index in [9.17, 15) is 4.39 Å². The van der Waals surface area contributed by atoms with E-state index < -0.39 is 0 Å². The van der Waals surface area contributed by atoms with Crippen LogP contribution in [0.2, 0.25) is 10.0 Å². The highest BCUT2D eigenvalue weighted by Gasteiger charge is 2.13. The normalized spacial score (nSPS) is 12.4. The predicted octanol–water partition coefficient (Wildman–Crippen LogP) is 4.68. The maximum Gasteiger partial charge on any atom is 0.142 e. The van der Waals surface area contributed by atoms with E-state index in [0.29, 0.717) is 0 Å². The zero-order valence-electron chi connectivity index (χ0n) is 11.2. The molecule has 0 saturated carbocycles. The largest absolute Gasteiger partial charge is 0.319 e. The number of rotatable bonds is 5. The van der Waals surface area contributed by atoms with Gasteiger partial charge in [0.25, 0.3) is 0 Å². The highest BCUT2D eigenvalue weighted by molar-refractivity contribution is 6.30. The van der Waals surface area contributed by atoms with Crippen molar-refractivity contribution in [2.45, 2.75) is 12.3 Å². The second kappa shape index (κ2) is 7.07. The van der Waals surface area contributed by atoms with Gasteiger partial charge in [0, 0.05) is 17.5 Å². The minimum absolute atomic E-state index is 0.158. The molecule has 1 nitrogen and oxygen atoms in total. The van der Waals surface area contributed by atoms with Gasteiger partial charge in [-0.05, 0) is 48.9 Å². The van der Waals surface area contributed by atoms with Gasteiger partial charge in [-0.1, -0.05) is 41.4 Å². The van der Waals surface area contributed by atoms with E-state index in [2.05, 4.69) is 5.32 Å². The van der Waals surface area contributed by atoms with Crippen LogP contribution in [-0.2, 0) is 6.42 Å². The van der Waals surface area contributed by atoms with Crippen molar-refractivity contribution in [1.29, 1.82) is 0 Å². The maximum absolute atomic E-state index is 13.5. The number of likely N-dealkylation sites (N-methyl/N-ethyl adjacent to an activating group) is 1. The lowest BCUT2D eigenvalue weighted by molar-refractivity contribution is 0.608. The van der Waals surface area contributed by atoms with Crippen LogP contribution in [-0.4, -0.2) is 13.6 Å². The number of halogens is 3. The third-order valence-corrected chi connectivity index (χ3v) is 3.82. The van der Waals surface area contributed by atoms with Crippen LogP contribution >= 0.6 is 23.2 Å². The quantitative estimate of drug-likeness (QED) is 0.845. The molecule has 106 valence electrons. The number of benzene rings is 2. The van der Waals surface area contributed by atoms with E-state index in [1.807, 2.05) is 37.4 Å². The average molecular weight is 312 g/mol. The Morgan fingerprint density at radius 1 is 1.10 bits per heavy atom. The van der Waals surface area contributed by atoms with Crippen LogP contribution in [0.15, 0.2) is 42.5 Å². The Morgan fingerprint density at radius 3 is 2.40 bits per heavy atom. The Balaban J connectivity index is 2.20. The van der Waals surface area contributed by atoms with Crippen molar-refractivity contribution in [2.75, 3.05) is 13.6 Å². The smallest absolute Gasteiger partial charge is 0.142 e. The molecule has 2 aromatic rings. The lowest BCUT2D eigenvalue weighted by atomic mass is 9.92. The van der Waals surface area contributed by atoms with Gasteiger partial charge in [-0.3, -0.25) is 0 Å². The lowest BCUT2D eigenvalue weighted by Crippen LogP contribution is -2.19. The molecule has 0 heterocycles. The first-order valence-electron chi connectivity index (χ1n) is 6.44. The lowest BCUT2D eigenvalue weighted by Gasteiger charge is -2.17. The van der Waals surface area contributed by atoms with Crippen LogP contribution in [0.1, 0.15) is 17.0 Å². The van der Waals surface area contributed by atoms with Crippen molar-refractivity contribution in [2.24, 2.45) is 0 Å². The highest BCUT2D eigenvalue weighted by Crippen LogP contribution is 2.24. The van der Waals surface area contributed by atoms with Crippen LogP contribution in [0.5, 0.6) is 0 Å². The zero-order valence-corrected chi connectivity index (χ0v) is 12.7. The molecule has 2 aromatic carbocycles. The summed E-state index contributed by atoms with van der Waals surface area (Å²) in [5.41, 5.74) is 2.11. The van der Waals surface area contributed by atoms with Gasteiger partial charge < -0.3 is 5.32 Å². The molecule has 0 aliphatic rings. The van der Waals surface area contributed by atoms with Gasteiger partial charge in [-0.25, -0.2) is 4.39 Å². The molecule has 4 heteroatoms. The SMILES string of the molecule is CNCC(Cc1ccc(Cl)c(F)c1)c1ccc(Cl)cc1. The number of hydrogen-bond donors (Lipinski definition) is 1. The summed E-state index contributed by atoms with van der Waals surface area (Å²) in [6.07, 6.45) is 0.747. The topological polar surface area (TPSA) is 12.0 Å². The fourth-order valence-corrected chi connectivity index (χ4v) is 2.48. The summed E-state index contributed by atoms with van der Waals surface area (Å²) in [4.78, 5) is 0. The van der Waals surface area contributed by atoms with Gasteiger partial charge in [0.05, 0.1) is 5.02 Å². The molecule has 0 fully saturated rings. The molecule has 0 radical (unpaired) electrons. The molecule has 1 atom stereocenters. The Morgan fingerprint density at radius 2 is 1.80 bits per heavy atom. The maximum atomic E-state index is 13.5. The van der Waals surface area contributed by atoms with Crippen LogP contribution in [0.3, 0.4) is 0 Å². The molecule has 0 saturated heterocycles. The van der Waals surface area contributed by atoms with Crippen molar-refractivity contribution in [3.05, 3.63) is 69.5 Å². The van der Waals surface area contributed by atoms with E-state index in [1.54, 1.807) is 6.07 Å². The Labute approximate surface area is 128 Å². The number of nitrogens with one attached hydrogen (secondary N) is 1. The van der Waals surface area contributed by atoms with Crippen molar-refractivity contribution >= 4 is 23.2 Å². The van der Waals surface area contributed by atoms with E-state index in [-0.39, 0.29) is 16.8 Å². The molecule has 0 spiro atoms. The minimum Gasteiger partial charge on any atom is -0.319 e. The molecule has 0 aliphatic carbocycles. The molecular weight excluding hydrogens is 296 g/mol. The van der Waals surface area contributed by atoms with Crippen molar-refractivity contribution in [1.82, 2.24) is 5.32 Å². The minimum atomic E-state index is -0.372. The van der Waals surface area contributed by atoms with Crippen molar-refractivity contribution < 1.29 is 4.39 Å². The van der Waals surface area contributed by atoms with Gasteiger partial charge in [0.1, 0.15) is 5.82 Å². The van der Waals surface area contributed by atoms with E-state index in [0.717, 1.165) is 23.6 Å². The van der Waals surface area contributed by atoms with Crippen LogP contribution in [0, 0.1) is 5.82 Å². The summed E-state index contributed by atoms with van der Waals surface area (Å²) in [5.74, 6) is -0.110. The first-order chi connectivity index (χ1) is 9.60. The van der Waals surface area contributed by atoms with Crippen LogP contribution in [0.25, 0.3) is 0 Å². The summed E-state index contributed by atoms with van der Waals surface area (Å²) >= 11 is 11.6. The highest BCUT2D eigenvalue weighted by atomic mass is 35.5. The molecule has 1 unspecified atom stereocenters.